The molecule has 6 heteroatoms. The lowest BCUT2D eigenvalue weighted by atomic mass is 9.81. The molecule has 4 heterocycles. The lowest BCUT2D eigenvalue weighted by Crippen LogP contribution is -2.58. The van der Waals surface area contributed by atoms with Gasteiger partial charge in [0.25, 0.3) is 0 Å². The van der Waals surface area contributed by atoms with Crippen LogP contribution >= 0.6 is 0 Å². The van der Waals surface area contributed by atoms with Gasteiger partial charge in [-0.2, -0.15) is 0 Å². The summed E-state index contributed by atoms with van der Waals surface area (Å²) < 4.78 is 23.9. The minimum atomic E-state index is -1.21. The molecule has 0 radical (unpaired) electrons. The molecule has 0 unspecified atom stereocenters. The Morgan fingerprint density at radius 3 is 2.70 bits per heavy atom. The lowest BCUT2D eigenvalue weighted by Gasteiger charge is -2.44. The molecular formula is C17H22O6. The van der Waals surface area contributed by atoms with Gasteiger partial charge >= 0.3 is 0 Å². The molecule has 0 amide bonds. The standard InChI is InChI=1S/C17H22O6/c1-15-14(21-9-11-6-4-3-5-7-11)17(20-2)8-12(22-15)13(19)16(15,10-18)23-17/h3-7,12-14,18-19H,8-10H2,1-2H3/t12-,13-,14+,15+,16+,17-/m0/s1. The molecule has 0 aliphatic carbocycles. The Bertz CT molecular complexity index is 592. The van der Waals surface area contributed by atoms with Gasteiger partial charge in [0.15, 0.2) is 5.60 Å². The van der Waals surface area contributed by atoms with E-state index in [0.717, 1.165) is 5.56 Å². The molecule has 4 aliphatic heterocycles. The van der Waals surface area contributed by atoms with Crippen molar-refractivity contribution in [1.29, 1.82) is 0 Å². The third-order valence-electron chi connectivity index (χ3n) is 5.65. The highest BCUT2D eigenvalue weighted by Gasteiger charge is 2.83. The fraction of sp³-hybridized carbons (Fsp3) is 0.647. The summed E-state index contributed by atoms with van der Waals surface area (Å²) >= 11 is 0. The molecule has 0 saturated carbocycles. The molecular weight excluding hydrogens is 300 g/mol. The normalized spacial score (nSPS) is 47.4. The topological polar surface area (TPSA) is 77.4 Å². The van der Waals surface area contributed by atoms with Crippen molar-refractivity contribution in [1.82, 2.24) is 0 Å². The largest absolute Gasteiger partial charge is 0.393 e. The van der Waals surface area contributed by atoms with Crippen LogP contribution in [0.1, 0.15) is 18.9 Å². The first-order chi connectivity index (χ1) is 11.0. The number of ether oxygens (including phenoxy) is 4. The first-order valence-electron chi connectivity index (χ1n) is 7.89. The van der Waals surface area contributed by atoms with Gasteiger partial charge < -0.3 is 29.2 Å². The SMILES string of the molecule is CO[C@]12C[C@@H]3O[C@](C)([C@H]1OCc1ccccc1)[C@](CO)(O2)[C@H]3O. The summed E-state index contributed by atoms with van der Waals surface area (Å²) in [5.41, 5.74) is -1.15. The van der Waals surface area contributed by atoms with Crippen LogP contribution in [0.15, 0.2) is 30.3 Å². The van der Waals surface area contributed by atoms with Crippen LogP contribution in [0.3, 0.4) is 0 Å². The van der Waals surface area contributed by atoms with Crippen molar-refractivity contribution in [3.05, 3.63) is 35.9 Å². The van der Waals surface area contributed by atoms with Crippen LogP contribution in [-0.2, 0) is 25.6 Å². The minimum Gasteiger partial charge on any atom is -0.393 e. The molecule has 126 valence electrons. The second-order valence-electron chi connectivity index (χ2n) is 6.75. The number of hydrogen-bond acceptors (Lipinski definition) is 6. The zero-order chi connectivity index (χ0) is 16.3. The minimum absolute atomic E-state index is 0.350. The summed E-state index contributed by atoms with van der Waals surface area (Å²) in [6.07, 6.45) is -1.48. The summed E-state index contributed by atoms with van der Waals surface area (Å²) in [6.45, 7) is 1.85. The lowest BCUT2D eigenvalue weighted by molar-refractivity contribution is -0.331. The predicted molar refractivity (Wildman–Crippen MR) is 79.6 cm³/mol. The average Bonchev–Trinajstić information content (AvgIpc) is 2.81. The quantitative estimate of drug-likeness (QED) is 0.827. The third kappa shape index (κ3) is 1.79. The van der Waals surface area contributed by atoms with Gasteiger partial charge in [-0.3, -0.25) is 0 Å². The van der Waals surface area contributed by atoms with Crippen LogP contribution in [-0.4, -0.2) is 59.2 Å². The Kier molecular flexibility index (Phi) is 3.36. The molecule has 4 bridgehead atoms. The number of hydrogen-bond donors (Lipinski definition) is 2. The van der Waals surface area contributed by atoms with Crippen molar-refractivity contribution < 1.29 is 29.2 Å². The van der Waals surface area contributed by atoms with Crippen LogP contribution in [0.4, 0.5) is 0 Å². The highest BCUT2D eigenvalue weighted by Crippen LogP contribution is 2.63. The zero-order valence-corrected chi connectivity index (χ0v) is 13.3. The van der Waals surface area contributed by atoms with Crippen molar-refractivity contribution in [2.45, 2.75) is 55.3 Å². The smallest absolute Gasteiger partial charge is 0.201 e. The monoisotopic (exact) mass is 322 g/mol. The Labute approximate surface area is 134 Å². The van der Waals surface area contributed by atoms with Crippen LogP contribution in [0.2, 0.25) is 0 Å². The van der Waals surface area contributed by atoms with Gasteiger partial charge in [0.1, 0.15) is 17.8 Å². The second-order valence-corrected chi connectivity index (χ2v) is 6.75. The fourth-order valence-electron chi connectivity index (χ4n) is 4.44. The third-order valence-corrected chi connectivity index (χ3v) is 5.65. The van der Waals surface area contributed by atoms with Crippen LogP contribution in [0, 0.1) is 0 Å². The molecule has 1 aromatic carbocycles. The van der Waals surface area contributed by atoms with E-state index in [0.29, 0.717) is 13.0 Å². The molecule has 4 saturated heterocycles. The van der Waals surface area contributed by atoms with Gasteiger partial charge in [-0.25, -0.2) is 0 Å². The van der Waals surface area contributed by atoms with E-state index in [1.54, 1.807) is 7.11 Å². The number of rotatable bonds is 5. The molecule has 0 aromatic heterocycles. The number of benzene rings is 1. The average molecular weight is 322 g/mol. The van der Waals surface area contributed by atoms with Crippen LogP contribution in [0.5, 0.6) is 0 Å². The van der Waals surface area contributed by atoms with Gasteiger partial charge in [0.2, 0.25) is 5.79 Å². The highest BCUT2D eigenvalue weighted by atomic mass is 16.8. The summed E-state index contributed by atoms with van der Waals surface area (Å²) in [6, 6.07) is 9.80. The first-order valence-corrected chi connectivity index (χ1v) is 7.89. The summed E-state index contributed by atoms with van der Waals surface area (Å²) in [7, 11) is 1.56. The highest BCUT2D eigenvalue weighted by molar-refractivity contribution is 5.28. The Balaban J connectivity index is 1.66. The molecule has 23 heavy (non-hydrogen) atoms. The van der Waals surface area contributed by atoms with Crippen molar-refractivity contribution in [3.63, 3.8) is 0 Å². The number of aliphatic hydroxyl groups is 2. The summed E-state index contributed by atoms with van der Waals surface area (Å²) in [5, 5.41) is 20.5. The summed E-state index contributed by atoms with van der Waals surface area (Å²) in [5.74, 6) is -1.01. The molecule has 4 aliphatic rings. The van der Waals surface area contributed by atoms with Gasteiger partial charge in [-0.1, -0.05) is 30.3 Å². The first kappa shape index (κ1) is 15.5. The van der Waals surface area contributed by atoms with E-state index in [1.807, 2.05) is 37.3 Å². The number of methoxy groups -OCH3 is 1. The van der Waals surface area contributed by atoms with E-state index in [4.69, 9.17) is 18.9 Å². The van der Waals surface area contributed by atoms with Gasteiger partial charge in [0.05, 0.1) is 19.3 Å². The molecule has 6 atom stereocenters. The predicted octanol–water partition coefficient (Wildman–Crippen LogP) is 0.598. The maximum atomic E-state index is 10.5. The van der Waals surface area contributed by atoms with E-state index >= 15 is 0 Å². The Morgan fingerprint density at radius 1 is 1.30 bits per heavy atom. The molecule has 5 rings (SSSR count). The van der Waals surface area contributed by atoms with Crippen molar-refractivity contribution in [3.8, 4) is 0 Å². The van der Waals surface area contributed by atoms with Gasteiger partial charge in [-0.15, -0.1) is 0 Å². The maximum absolute atomic E-state index is 10.5. The molecule has 6 nitrogen and oxygen atoms in total. The van der Waals surface area contributed by atoms with E-state index in [-0.39, 0.29) is 6.61 Å². The molecule has 4 fully saturated rings. The van der Waals surface area contributed by atoms with Gasteiger partial charge in [-0.05, 0) is 12.5 Å². The van der Waals surface area contributed by atoms with Gasteiger partial charge in [0, 0.05) is 13.5 Å². The van der Waals surface area contributed by atoms with Crippen molar-refractivity contribution >= 4 is 0 Å². The summed E-state index contributed by atoms with van der Waals surface area (Å²) in [4.78, 5) is 0. The van der Waals surface area contributed by atoms with E-state index in [9.17, 15) is 10.2 Å². The van der Waals surface area contributed by atoms with E-state index in [1.165, 1.54) is 0 Å². The van der Waals surface area contributed by atoms with Crippen molar-refractivity contribution in [2.24, 2.45) is 0 Å². The number of aliphatic hydroxyl groups excluding tert-OH is 2. The Hall–Kier alpha value is -1.02. The van der Waals surface area contributed by atoms with Crippen molar-refractivity contribution in [2.75, 3.05) is 13.7 Å². The van der Waals surface area contributed by atoms with Crippen LogP contribution in [0.25, 0.3) is 0 Å². The zero-order valence-electron chi connectivity index (χ0n) is 13.3. The molecule has 0 spiro atoms. The Morgan fingerprint density at radius 2 is 2.04 bits per heavy atom. The maximum Gasteiger partial charge on any atom is 0.201 e. The molecule has 2 N–H and O–H groups in total. The van der Waals surface area contributed by atoms with E-state index in [2.05, 4.69) is 0 Å². The second kappa shape index (κ2) is 4.99. The molecule has 1 aromatic rings. The fourth-order valence-corrected chi connectivity index (χ4v) is 4.44. The van der Waals surface area contributed by atoms with Crippen LogP contribution < -0.4 is 0 Å². The van der Waals surface area contributed by atoms with E-state index < -0.39 is 35.3 Å².